The van der Waals surface area contributed by atoms with Crippen LogP contribution in [0.4, 0.5) is 0 Å². The summed E-state index contributed by atoms with van der Waals surface area (Å²) in [5, 5.41) is 1.33. The van der Waals surface area contributed by atoms with E-state index in [2.05, 4.69) is 70.1 Å². The SMILES string of the molecule is CO[SiH](C)O[Si](C)(C)C.CO[SiH](C)O[Si](C)(C)c1ccccc1. The first-order chi connectivity index (χ1) is 10.5. The lowest BCUT2D eigenvalue weighted by atomic mass is 10.4. The van der Waals surface area contributed by atoms with Crippen molar-refractivity contribution < 1.29 is 17.1 Å². The predicted molar refractivity (Wildman–Crippen MR) is 109 cm³/mol. The molecule has 1 aromatic carbocycles. The highest BCUT2D eigenvalue weighted by molar-refractivity contribution is 6.88. The van der Waals surface area contributed by atoms with E-state index in [-0.39, 0.29) is 0 Å². The number of hydrogen-bond donors (Lipinski definition) is 0. The largest absolute Gasteiger partial charge is 0.438 e. The van der Waals surface area contributed by atoms with E-state index in [0.29, 0.717) is 0 Å². The Labute approximate surface area is 148 Å². The van der Waals surface area contributed by atoms with Crippen LogP contribution in [0.5, 0.6) is 0 Å². The summed E-state index contributed by atoms with van der Waals surface area (Å²) < 4.78 is 22.0. The van der Waals surface area contributed by atoms with Gasteiger partial charge in [0.15, 0.2) is 8.32 Å². The molecule has 0 heterocycles. The molecule has 0 saturated heterocycles. The van der Waals surface area contributed by atoms with Crippen molar-refractivity contribution in [3.63, 3.8) is 0 Å². The van der Waals surface area contributed by atoms with Gasteiger partial charge >= 0.3 is 18.6 Å². The Hall–Kier alpha value is -0.0725. The summed E-state index contributed by atoms with van der Waals surface area (Å²) in [6.07, 6.45) is 0. The molecule has 1 rings (SSSR count). The molecular weight excluding hydrogens is 357 g/mol. The summed E-state index contributed by atoms with van der Waals surface area (Å²) in [5.74, 6) is 0. The van der Waals surface area contributed by atoms with Gasteiger partial charge in [-0.2, -0.15) is 0 Å². The van der Waals surface area contributed by atoms with Crippen LogP contribution in [0.2, 0.25) is 45.8 Å². The van der Waals surface area contributed by atoms with E-state index < -0.39 is 35.2 Å². The van der Waals surface area contributed by atoms with Crippen molar-refractivity contribution in [1.29, 1.82) is 0 Å². The summed E-state index contributed by atoms with van der Waals surface area (Å²) in [6.45, 7) is 15.1. The van der Waals surface area contributed by atoms with Crippen molar-refractivity contribution in [2.45, 2.75) is 45.8 Å². The number of hydrogen-bond acceptors (Lipinski definition) is 4. The first-order valence-corrected chi connectivity index (χ1v) is 18.5. The Morgan fingerprint density at radius 2 is 1.17 bits per heavy atom. The fourth-order valence-electron chi connectivity index (χ4n) is 1.92. The molecule has 1 aromatic rings. The van der Waals surface area contributed by atoms with Gasteiger partial charge in [0, 0.05) is 14.2 Å². The van der Waals surface area contributed by atoms with Crippen LogP contribution < -0.4 is 5.19 Å². The normalized spacial score (nSPS) is 14.7. The standard InChI is InChI=1S/C10H18O2Si2.C5H16O2Si2/c1-11-13(2)12-14(3,4)10-8-6-5-7-9-10;1-6-8(2)7-9(3,4)5/h5-9,13H,1-4H3;8H,1-5H3. The van der Waals surface area contributed by atoms with Crippen molar-refractivity contribution in [2.75, 3.05) is 14.2 Å². The maximum atomic E-state index is 6.03. The van der Waals surface area contributed by atoms with E-state index in [1.165, 1.54) is 5.19 Å². The molecule has 4 nitrogen and oxygen atoms in total. The van der Waals surface area contributed by atoms with Crippen molar-refractivity contribution in [3.8, 4) is 0 Å². The smallest absolute Gasteiger partial charge is 0.307 e. The quantitative estimate of drug-likeness (QED) is 0.671. The lowest BCUT2D eigenvalue weighted by Crippen LogP contribution is -2.48. The monoisotopic (exact) mass is 390 g/mol. The number of benzene rings is 1. The minimum absolute atomic E-state index is 1.24. The predicted octanol–water partition coefficient (Wildman–Crippen LogP) is 2.95. The summed E-state index contributed by atoms with van der Waals surface area (Å²) in [5.41, 5.74) is 0. The molecule has 0 saturated carbocycles. The van der Waals surface area contributed by atoms with E-state index in [1.54, 1.807) is 14.2 Å². The summed E-state index contributed by atoms with van der Waals surface area (Å²) >= 11 is 0. The molecule has 0 aromatic heterocycles. The van der Waals surface area contributed by atoms with Gasteiger partial charge in [-0.15, -0.1) is 0 Å². The minimum atomic E-state index is -1.73. The molecule has 8 heteroatoms. The van der Waals surface area contributed by atoms with Gasteiger partial charge in [0.1, 0.15) is 0 Å². The van der Waals surface area contributed by atoms with Crippen LogP contribution in [0.15, 0.2) is 30.3 Å². The second-order valence-corrected chi connectivity index (χ2v) is 19.8. The first kappa shape index (κ1) is 22.9. The zero-order chi connectivity index (χ0) is 18.1. The van der Waals surface area contributed by atoms with Crippen LogP contribution >= 0.6 is 0 Å². The minimum Gasteiger partial charge on any atom is -0.438 e. The molecule has 0 bridgehead atoms. The highest BCUT2D eigenvalue weighted by atomic mass is 28.4. The lowest BCUT2D eigenvalue weighted by molar-refractivity contribution is 0.339. The third-order valence-corrected chi connectivity index (χ3v) is 14.0. The van der Waals surface area contributed by atoms with Crippen molar-refractivity contribution in [3.05, 3.63) is 30.3 Å². The van der Waals surface area contributed by atoms with Crippen LogP contribution in [0, 0.1) is 0 Å². The fraction of sp³-hybridized carbons (Fsp3) is 0.600. The summed E-state index contributed by atoms with van der Waals surface area (Å²) in [6, 6.07) is 10.4. The Bertz CT molecular complexity index is 423. The molecule has 134 valence electrons. The summed E-state index contributed by atoms with van der Waals surface area (Å²) in [7, 11) is -2.24. The molecular formula is C15H34O4Si4. The average Bonchev–Trinajstić information content (AvgIpc) is 2.46. The molecule has 0 aliphatic heterocycles. The second kappa shape index (κ2) is 10.7. The highest BCUT2D eigenvalue weighted by Gasteiger charge is 2.27. The maximum absolute atomic E-state index is 6.03. The van der Waals surface area contributed by atoms with Crippen LogP contribution in [0.1, 0.15) is 0 Å². The van der Waals surface area contributed by atoms with Gasteiger partial charge in [0.2, 0.25) is 8.32 Å². The highest BCUT2D eigenvalue weighted by Crippen LogP contribution is 2.07. The molecule has 0 aliphatic carbocycles. The molecule has 23 heavy (non-hydrogen) atoms. The molecule has 2 unspecified atom stereocenters. The molecule has 2 atom stereocenters. The topological polar surface area (TPSA) is 36.9 Å². The van der Waals surface area contributed by atoms with Crippen molar-refractivity contribution in [2.24, 2.45) is 0 Å². The van der Waals surface area contributed by atoms with Gasteiger partial charge in [0.25, 0.3) is 0 Å². The fourth-order valence-corrected chi connectivity index (χ4v) is 11.5. The second-order valence-electron chi connectivity index (χ2n) is 6.83. The van der Waals surface area contributed by atoms with Gasteiger partial charge in [-0.3, -0.25) is 0 Å². The van der Waals surface area contributed by atoms with Gasteiger partial charge in [0.05, 0.1) is 0 Å². The molecule has 0 aliphatic rings. The molecule has 0 fully saturated rings. The first-order valence-electron chi connectivity index (χ1n) is 7.98. The number of rotatable bonds is 7. The van der Waals surface area contributed by atoms with Crippen LogP contribution in [0.25, 0.3) is 0 Å². The zero-order valence-electron chi connectivity index (χ0n) is 16.2. The molecule has 0 amide bonds. The van der Waals surface area contributed by atoms with Gasteiger partial charge in [-0.05, 0) is 51.0 Å². The third-order valence-electron chi connectivity index (χ3n) is 3.11. The van der Waals surface area contributed by atoms with Crippen LogP contribution in [-0.4, -0.2) is 49.4 Å². The van der Waals surface area contributed by atoms with Gasteiger partial charge in [-0.1, -0.05) is 30.3 Å². The Kier molecular flexibility index (Phi) is 10.7. The van der Waals surface area contributed by atoms with E-state index in [1.807, 2.05) is 6.07 Å². The van der Waals surface area contributed by atoms with Crippen LogP contribution in [0.3, 0.4) is 0 Å². The third kappa shape index (κ3) is 11.2. The van der Waals surface area contributed by atoms with Crippen molar-refractivity contribution >= 4 is 40.4 Å². The van der Waals surface area contributed by atoms with E-state index >= 15 is 0 Å². The maximum Gasteiger partial charge on any atom is 0.307 e. The molecule has 0 spiro atoms. The summed E-state index contributed by atoms with van der Waals surface area (Å²) in [4.78, 5) is 0. The lowest BCUT2D eigenvalue weighted by Gasteiger charge is -2.26. The molecule has 0 N–H and O–H groups in total. The van der Waals surface area contributed by atoms with Gasteiger partial charge < -0.3 is 17.1 Å². The Morgan fingerprint density at radius 1 is 0.739 bits per heavy atom. The molecule has 0 radical (unpaired) electrons. The van der Waals surface area contributed by atoms with E-state index in [9.17, 15) is 0 Å². The average molecular weight is 391 g/mol. The van der Waals surface area contributed by atoms with Crippen LogP contribution in [-0.2, 0) is 17.1 Å². The Balaban J connectivity index is 0.000000468. The van der Waals surface area contributed by atoms with E-state index in [0.717, 1.165) is 0 Å². The van der Waals surface area contributed by atoms with Gasteiger partial charge in [-0.25, -0.2) is 0 Å². The van der Waals surface area contributed by atoms with Crippen molar-refractivity contribution in [1.82, 2.24) is 0 Å². The zero-order valence-corrected chi connectivity index (χ0v) is 20.5. The van der Waals surface area contributed by atoms with E-state index in [4.69, 9.17) is 17.1 Å². The Morgan fingerprint density at radius 3 is 1.52 bits per heavy atom.